The van der Waals surface area contributed by atoms with Gasteiger partial charge in [0.1, 0.15) is 0 Å². The quantitative estimate of drug-likeness (QED) is 0.235. The predicted octanol–water partition coefficient (Wildman–Crippen LogP) is 1.58. The zero-order valence-corrected chi connectivity index (χ0v) is 4.28. The van der Waals surface area contributed by atoms with Gasteiger partial charge >= 0.3 is 13.5 Å². The van der Waals surface area contributed by atoms with Crippen LogP contribution in [0.3, 0.4) is 0 Å². The normalized spacial score (nSPS) is 8.44. The Morgan fingerprint density at radius 2 is 1.44 bits per heavy atom. The number of hydrogen-bond acceptors (Lipinski definition) is 1. The van der Waals surface area contributed by atoms with Crippen molar-refractivity contribution in [1.29, 1.82) is 0 Å². The molecule has 1 nitrogen and oxygen atoms in total. The Balaban J connectivity index is 0. The number of halogens is 4. The summed E-state index contributed by atoms with van der Waals surface area (Å²) >= 11 is 0. The molecule has 0 fully saturated rings. The first kappa shape index (κ1) is 11.0. The van der Waals surface area contributed by atoms with E-state index in [1.54, 1.807) is 0 Å². The zero-order valence-electron chi connectivity index (χ0n) is 4.28. The lowest BCUT2D eigenvalue weighted by Gasteiger charge is -1.94. The molecule has 9 heavy (non-hydrogen) atoms. The molecule has 0 aliphatic rings. The van der Waals surface area contributed by atoms with Crippen molar-refractivity contribution in [3.05, 3.63) is 12.7 Å². The molecule has 0 saturated heterocycles. The van der Waals surface area contributed by atoms with Gasteiger partial charge in [0.2, 0.25) is 0 Å². The molecule has 0 aliphatic carbocycles. The molecule has 0 aromatic rings. The minimum atomic E-state index is -6.00. The van der Waals surface area contributed by atoms with Crippen molar-refractivity contribution in [2.45, 2.75) is 0 Å². The lowest BCUT2D eigenvalue weighted by Crippen LogP contribution is -2.02. The summed E-state index contributed by atoms with van der Waals surface area (Å²) in [7, 11) is -6.00. The van der Waals surface area contributed by atoms with Gasteiger partial charge in [-0.1, -0.05) is 4.79 Å². The van der Waals surface area contributed by atoms with Gasteiger partial charge < -0.3 is 17.3 Å². The highest BCUT2D eigenvalue weighted by Crippen LogP contribution is 2.06. The molecule has 0 aromatic heterocycles. The lowest BCUT2D eigenvalue weighted by atomic mass is 10.3. The van der Waals surface area contributed by atoms with Crippen molar-refractivity contribution in [3.8, 4) is 0 Å². The van der Waals surface area contributed by atoms with Gasteiger partial charge in [0, 0.05) is 6.58 Å². The molecule has 0 unspecified atom stereocenters. The van der Waals surface area contributed by atoms with Crippen LogP contribution in [-0.2, 0) is 4.79 Å². The summed E-state index contributed by atoms with van der Waals surface area (Å²) in [6, 6.07) is 0. The Bertz CT molecular complexity index is 76.3. The van der Waals surface area contributed by atoms with Gasteiger partial charge in [0.05, 0.1) is 0 Å². The number of carbonyl (C=O) groups excluding carboxylic acids is 1. The van der Waals surface area contributed by atoms with E-state index in [-0.39, 0.29) is 0 Å². The molecule has 0 aromatic carbocycles. The first-order chi connectivity index (χ1) is 3.91. The van der Waals surface area contributed by atoms with Gasteiger partial charge in [0.25, 0.3) is 0 Å². The molecule has 0 spiro atoms. The van der Waals surface area contributed by atoms with Crippen molar-refractivity contribution in [2.75, 3.05) is 0 Å². The molecule has 0 heterocycles. The van der Waals surface area contributed by atoms with E-state index in [2.05, 4.69) is 6.58 Å². The summed E-state index contributed by atoms with van der Waals surface area (Å²) in [5, 5.41) is 0. The van der Waals surface area contributed by atoms with E-state index in [1.807, 2.05) is 0 Å². The Morgan fingerprint density at radius 1 is 1.33 bits per heavy atom. The maximum atomic E-state index is 9.75. The van der Waals surface area contributed by atoms with Crippen LogP contribution in [0, 0.1) is 0 Å². The second-order valence-corrected chi connectivity index (χ2v) is 0.817. The largest absolute Gasteiger partial charge is 0.673 e. The molecular weight excluding hydrogens is 139 g/mol. The Kier molecular flexibility index (Phi) is 6.40. The van der Waals surface area contributed by atoms with Crippen LogP contribution in [0.2, 0.25) is 0 Å². The molecule has 52 valence electrons. The SMILES string of the molecule is C=C[C+]=O.F[B-](F)(F)F. The average Bonchev–Trinajstić information content (AvgIpc) is 1.61. The monoisotopic (exact) mass is 142 g/mol. The van der Waals surface area contributed by atoms with Crippen LogP contribution in [0.15, 0.2) is 12.7 Å². The van der Waals surface area contributed by atoms with Gasteiger partial charge in [-0.05, 0) is 0 Å². The lowest BCUT2D eigenvalue weighted by molar-refractivity contribution is 0.368. The van der Waals surface area contributed by atoms with Crippen LogP contribution in [0.1, 0.15) is 0 Å². The highest BCUT2D eigenvalue weighted by atomic mass is 19.5. The molecular formula is C3H3BF4O. The molecule has 0 atom stereocenters. The van der Waals surface area contributed by atoms with E-state index < -0.39 is 7.25 Å². The molecule has 0 N–H and O–H groups in total. The fraction of sp³-hybridized carbons (Fsp3) is 0. The van der Waals surface area contributed by atoms with E-state index >= 15 is 0 Å². The van der Waals surface area contributed by atoms with Crippen molar-refractivity contribution < 1.29 is 22.1 Å². The highest BCUT2D eigenvalue weighted by molar-refractivity contribution is 6.50. The van der Waals surface area contributed by atoms with Crippen LogP contribution in [0.4, 0.5) is 17.3 Å². The van der Waals surface area contributed by atoms with Gasteiger partial charge in [-0.25, -0.2) is 0 Å². The summed E-state index contributed by atoms with van der Waals surface area (Å²) in [4.78, 5) is 8.93. The van der Waals surface area contributed by atoms with Gasteiger partial charge in [-0.2, -0.15) is 0 Å². The fourth-order valence-corrected chi connectivity index (χ4v) is 0. The third-order valence-electron chi connectivity index (χ3n) is 0.0833. The topological polar surface area (TPSA) is 17.1 Å². The van der Waals surface area contributed by atoms with Gasteiger partial charge in [-0.3, -0.25) is 0 Å². The van der Waals surface area contributed by atoms with E-state index in [4.69, 9.17) is 4.79 Å². The summed E-state index contributed by atoms with van der Waals surface area (Å²) in [5.74, 6) is 0. The van der Waals surface area contributed by atoms with Crippen molar-refractivity contribution in [2.24, 2.45) is 0 Å². The third-order valence-corrected chi connectivity index (χ3v) is 0.0833. The summed E-state index contributed by atoms with van der Waals surface area (Å²) in [6.07, 6.45) is 2.51. The summed E-state index contributed by atoms with van der Waals surface area (Å²) in [6.45, 7) is 3.06. The van der Waals surface area contributed by atoms with Crippen molar-refractivity contribution in [1.82, 2.24) is 0 Å². The minimum absolute atomic E-state index is 1.07. The predicted molar refractivity (Wildman–Crippen MR) is 26.1 cm³/mol. The molecule has 6 heteroatoms. The van der Waals surface area contributed by atoms with Crippen LogP contribution in [-0.4, -0.2) is 13.5 Å². The first-order valence-corrected chi connectivity index (χ1v) is 1.77. The number of allylic oxidation sites excluding steroid dienone is 1. The van der Waals surface area contributed by atoms with Gasteiger partial charge in [0.15, 0.2) is 6.08 Å². The minimum Gasteiger partial charge on any atom is -0.418 e. The molecule has 0 rings (SSSR count). The second kappa shape index (κ2) is 5.25. The second-order valence-electron chi connectivity index (χ2n) is 0.817. The maximum absolute atomic E-state index is 9.75. The van der Waals surface area contributed by atoms with Crippen LogP contribution in [0.25, 0.3) is 0 Å². The smallest absolute Gasteiger partial charge is 0.418 e. The Morgan fingerprint density at radius 3 is 1.44 bits per heavy atom. The van der Waals surface area contributed by atoms with E-state index in [0.29, 0.717) is 0 Å². The van der Waals surface area contributed by atoms with E-state index in [9.17, 15) is 17.3 Å². The average molecular weight is 142 g/mol. The third kappa shape index (κ3) is 16800. The first-order valence-electron chi connectivity index (χ1n) is 1.77. The summed E-state index contributed by atoms with van der Waals surface area (Å²) < 4.78 is 39.0. The summed E-state index contributed by atoms with van der Waals surface area (Å²) in [5.41, 5.74) is 0. The fourth-order valence-electron chi connectivity index (χ4n) is 0. The van der Waals surface area contributed by atoms with Crippen LogP contribution < -0.4 is 0 Å². The Labute approximate surface area is 49.5 Å². The highest BCUT2D eigenvalue weighted by Gasteiger charge is 2.20. The Hall–Kier alpha value is -0.895. The molecule has 0 radical (unpaired) electrons. The van der Waals surface area contributed by atoms with E-state index in [0.717, 1.165) is 6.08 Å². The standard InChI is InChI=1S/C3H3O.BF4/c1-2-3-4;2-1(3,4)5/h2H,1H2;/q+1;-1. The van der Waals surface area contributed by atoms with Crippen molar-refractivity contribution >= 4 is 13.5 Å². The van der Waals surface area contributed by atoms with Crippen LogP contribution >= 0.6 is 0 Å². The van der Waals surface area contributed by atoms with Gasteiger partial charge in [-0.15, -0.1) is 0 Å². The molecule has 0 aliphatic heterocycles. The number of rotatable bonds is 1. The van der Waals surface area contributed by atoms with Crippen molar-refractivity contribution in [3.63, 3.8) is 0 Å². The molecule has 0 amide bonds. The molecule has 0 saturated carbocycles. The van der Waals surface area contributed by atoms with E-state index in [1.165, 1.54) is 6.29 Å². The molecule has 0 bridgehead atoms. The maximum Gasteiger partial charge on any atom is 0.673 e. The van der Waals surface area contributed by atoms with Crippen LogP contribution in [0.5, 0.6) is 0 Å². The number of hydrogen-bond donors (Lipinski definition) is 0. The zero-order chi connectivity index (χ0) is 7.91.